The van der Waals surface area contributed by atoms with Gasteiger partial charge in [-0.2, -0.15) is 32.3 Å². The largest absolute Gasteiger partial charge is 0.494 e. The van der Waals surface area contributed by atoms with E-state index >= 15 is 0 Å². The molecule has 0 radical (unpaired) electrons. The van der Waals surface area contributed by atoms with Gasteiger partial charge in [0.25, 0.3) is 0 Å². The fourth-order valence-electron chi connectivity index (χ4n) is 3.50. The van der Waals surface area contributed by atoms with Crippen LogP contribution in [0.5, 0.6) is 5.75 Å². The highest BCUT2D eigenvalue weighted by atomic mass is 32.1. The second kappa shape index (κ2) is 10.5. The van der Waals surface area contributed by atoms with Gasteiger partial charge in [-0.15, -0.1) is 0 Å². The normalized spacial score (nSPS) is 16.9. The molecule has 0 bridgehead atoms. The summed E-state index contributed by atoms with van der Waals surface area (Å²) in [6.07, 6.45) is 5.32. The molecular weight excluding hydrogens is 378 g/mol. The number of nitriles is 1. The Balaban J connectivity index is 0.00000182. The van der Waals surface area contributed by atoms with Crippen molar-refractivity contribution in [3.05, 3.63) is 30.0 Å². The van der Waals surface area contributed by atoms with Crippen molar-refractivity contribution >= 4 is 43.8 Å². The van der Waals surface area contributed by atoms with E-state index in [-0.39, 0.29) is 44.9 Å². The second-order valence-corrected chi connectivity index (χ2v) is 6.79. The van der Waals surface area contributed by atoms with Gasteiger partial charge in [-0.05, 0) is 49.4 Å². The second-order valence-electron chi connectivity index (χ2n) is 6.79. The van der Waals surface area contributed by atoms with E-state index in [1.165, 1.54) is 0 Å². The van der Waals surface area contributed by atoms with Crippen molar-refractivity contribution in [1.29, 1.82) is 5.26 Å². The fraction of sp³-hybridized carbons (Fsp3) is 0.500. The Morgan fingerprint density at radius 1 is 1.44 bits per heavy atom. The molecule has 1 N–H and O–H groups in total. The minimum absolute atomic E-state index is 0. The predicted octanol–water partition coefficient (Wildman–Crippen LogP) is 3.88. The zero-order valence-corrected chi connectivity index (χ0v) is 17.9. The SMILES string of the molecule is CCCOc1ccc2[nH]cc(C[C@H](C)C(=O)N3CCC[C@H]3C#N)c2c1.S.S. The Labute approximate surface area is 175 Å². The molecule has 1 saturated heterocycles. The molecule has 1 aromatic carbocycles. The van der Waals surface area contributed by atoms with E-state index in [0.717, 1.165) is 41.5 Å². The number of aromatic amines is 1. The van der Waals surface area contributed by atoms with Crippen LogP contribution in [-0.4, -0.2) is 35.0 Å². The van der Waals surface area contributed by atoms with Crippen molar-refractivity contribution in [2.24, 2.45) is 5.92 Å². The average Bonchev–Trinajstić information content (AvgIpc) is 3.26. The van der Waals surface area contributed by atoms with Crippen LogP contribution in [0.4, 0.5) is 0 Å². The summed E-state index contributed by atoms with van der Waals surface area (Å²) in [5.41, 5.74) is 2.17. The number of aromatic nitrogens is 1. The Kier molecular flexibility index (Phi) is 9.07. The molecule has 1 aliphatic rings. The van der Waals surface area contributed by atoms with Gasteiger partial charge in [0.15, 0.2) is 0 Å². The molecule has 0 aliphatic carbocycles. The number of ether oxygens (including phenoxy) is 1. The molecule has 0 unspecified atom stereocenters. The lowest BCUT2D eigenvalue weighted by Crippen LogP contribution is -2.38. The van der Waals surface area contributed by atoms with Gasteiger partial charge in [-0.1, -0.05) is 13.8 Å². The van der Waals surface area contributed by atoms with Gasteiger partial charge in [-0.3, -0.25) is 4.79 Å². The monoisotopic (exact) mass is 407 g/mol. The number of nitrogens with zero attached hydrogens (tertiary/aromatic N) is 2. The molecule has 1 aromatic heterocycles. The molecule has 5 nitrogen and oxygen atoms in total. The highest BCUT2D eigenvalue weighted by Crippen LogP contribution is 2.27. The van der Waals surface area contributed by atoms with E-state index in [2.05, 4.69) is 18.0 Å². The summed E-state index contributed by atoms with van der Waals surface area (Å²) in [5.74, 6) is 0.795. The van der Waals surface area contributed by atoms with Crippen molar-refractivity contribution in [1.82, 2.24) is 9.88 Å². The fourth-order valence-corrected chi connectivity index (χ4v) is 3.50. The Morgan fingerprint density at radius 3 is 2.93 bits per heavy atom. The number of benzene rings is 1. The molecule has 1 fully saturated rings. The summed E-state index contributed by atoms with van der Waals surface area (Å²) in [6, 6.07) is 8.02. The van der Waals surface area contributed by atoms with E-state index in [1.807, 2.05) is 31.3 Å². The predicted molar refractivity (Wildman–Crippen MR) is 118 cm³/mol. The number of rotatable bonds is 6. The maximum absolute atomic E-state index is 12.7. The molecule has 0 saturated carbocycles. The summed E-state index contributed by atoms with van der Waals surface area (Å²) < 4.78 is 5.72. The minimum Gasteiger partial charge on any atom is -0.494 e. The zero-order valence-electron chi connectivity index (χ0n) is 15.9. The number of nitrogens with one attached hydrogen (secondary N) is 1. The van der Waals surface area contributed by atoms with Crippen LogP contribution in [0, 0.1) is 17.2 Å². The highest BCUT2D eigenvalue weighted by molar-refractivity contribution is 7.59. The Morgan fingerprint density at radius 2 is 2.22 bits per heavy atom. The molecule has 2 atom stereocenters. The summed E-state index contributed by atoms with van der Waals surface area (Å²) >= 11 is 0. The molecule has 2 heterocycles. The number of hydrogen-bond donors (Lipinski definition) is 1. The van der Waals surface area contributed by atoms with Gasteiger partial charge >= 0.3 is 0 Å². The van der Waals surface area contributed by atoms with E-state index in [1.54, 1.807) is 4.90 Å². The molecule has 1 aliphatic heterocycles. The Bertz CT molecular complexity index is 800. The van der Waals surface area contributed by atoms with Gasteiger partial charge in [-0.25, -0.2) is 0 Å². The summed E-state index contributed by atoms with van der Waals surface area (Å²) in [7, 11) is 0. The third-order valence-electron chi connectivity index (χ3n) is 4.84. The number of fused-ring (bicyclic) bond motifs is 1. The standard InChI is InChI=1S/C20H25N3O2.2H2S/c1-3-9-25-17-6-7-19-18(11-17)15(13-22-19)10-14(2)20(24)23-8-4-5-16(23)12-21;;/h6-7,11,13-14,16,22H,3-5,8-10H2,1-2H3;2*1H2/t14-,16-;;/m0../s1. The zero-order chi connectivity index (χ0) is 17.8. The lowest BCUT2D eigenvalue weighted by Gasteiger charge is -2.23. The lowest BCUT2D eigenvalue weighted by atomic mass is 9.99. The van der Waals surface area contributed by atoms with Crippen LogP contribution in [-0.2, 0) is 11.2 Å². The number of amides is 1. The van der Waals surface area contributed by atoms with Crippen LogP contribution in [0.25, 0.3) is 10.9 Å². The van der Waals surface area contributed by atoms with Gasteiger partial charge < -0.3 is 14.6 Å². The number of hydrogen-bond acceptors (Lipinski definition) is 3. The highest BCUT2D eigenvalue weighted by Gasteiger charge is 2.31. The third-order valence-corrected chi connectivity index (χ3v) is 4.84. The average molecular weight is 408 g/mol. The van der Waals surface area contributed by atoms with Gasteiger partial charge in [0.05, 0.1) is 12.7 Å². The first-order valence-corrected chi connectivity index (χ1v) is 9.07. The molecule has 7 heteroatoms. The van der Waals surface area contributed by atoms with Crippen LogP contribution in [0.3, 0.4) is 0 Å². The molecule has 27 heavy (non-hydrogen) atoms. The van der Waals surface area contributed by atoms with Crippen LogP contribution in [0.2, 0.25) is 0 Å². The van der Waals surface area contributed by atoms with Crippen molar-refractivity contribution in [3.8, 4) is 11.8 Å². The summed E-state index contributed by atoms with van der Waals surface area (Å²) in [6.45, 7) is 5.43. The summed E-state index contributed by atoms with van der Waals surface area (Å²) in [4.78, 5) is 17.7. The maximum atomic E-state index is 12.7. The number of H-pyrrole nitrogens is 1. The summed E-state index contributed by atoms with van der Waals surface area (Å²) in [5, 5.41) is 10.3. The number of likely N-dealkylation sites (tertiary alicyclic amines) is 1. The molecular formula is C20H29N3O2S2. The first-order chi connectivity index (χ1) is 12.1. The van der Waals surface area contributed by atoms with Crippen molar-refractivity contribution in [3.63, 3.8) is 0 Å². The van der Waals surface area contributed by atoms with E-state index in [9.17, 15) is 10.1 Å². The minimum atomic E-state index is -0.257. The molecule has 1 amide bonds. The van der Waals surface area contributed by atoms with Crippen molar-refractivity contribution < 1.29 is 9.53 Å². The first-order valence-electron chi connectivity index (χ1n) is 9.07. The smallest absolute Gasteiger partial charge is 0.226 e. The van der Waals surface area contributed by atoms with Gasteiger partial charge in [0.2, 0.25) is 5.91 Å². The van der Waals surface area contributed by atoms with Crippen LogP contribution in [0.1, 0.15) is 38.7 Å². The number of carbonyl (C=O) groups excluding carboxylic acids is 1. The van der Waals surface area contributed by atoms with Crippen molar-refractivity contribution in [2.75, 3.05) is 13.2 Å². The molecule has 148 valence electrons. The van der Waals surface area contributed by atoms with E-state index < -0.39 is 0 Å². The quantitative estimate of drug-likeness (QED) is 0.790. The third kappa shape index (κ3) is 5.14. The lowest BCUT2D eigenvalue weighted by molar-refractivity contribution is -0.134. The number of carbonyl (C=O) groups is 1. The van der Waals surface area contributed by atoms with Crippen molar-refractivity contribution in [2.45, 2.75) is 45.6 Å². The topological polar surface area (TPSA) is 69.1 Å². The maximum Gasteiger partial charge on any atom is 0.226 e. The van der Waals surface area contributed by atoms with E-state index in [0.29, 0.717) is 19.6 Å². The van der Waals surface area contributed by atoms with Crippen LogP contribution >= 0.6 is 27.0 Å². The first kappa shape index (κ1) is 23.3. The molecule has 2 aromatic rings. The van der Waals surface area contributed by atoms with Crippen LogP contribution < -0.4 is 4.74 Å². The van der Waals surface area contributed by atoms with Gasteiger partial charge in [0.1, 0.15) is 11.8 Å². The van der Waals surface area contributed by atoms with E-state index in [4.69, 9.17) is 4.74 Å². The Hall–Kier alpha value is -1.78. The van der Waals surface area contributed by atoms with Gasteiger partial charge in [0, 0.05) is 29.6 Å². The molecule has 3 rings (SSSR count). The van der Waals surface area contributed by atoms with Crippen LogP contribution in [0.15, 0.2) is 24.4 Å². The molecule has 0 spiro atoms.